The van der Waals surface area contributed by atoms with Crippen molar-refractivity contribution >= 4 is 81.2 Å². The molecule has 11 heteroatoms. The van der Waals surface area contributed by atoms with Gasteiger partial charge in [-0.3, -0.25) is 9.20 Å². The highest BCUT2D eigenvalue weighted by Crippen LogP contribution is 2.40. The number of esters is 1. The van der Waals surface area contributed by atoms with E-state index in [1.165, 1.54) is 17.8 Å². The monoisotopic (exact) mass is 477 g/mol. The minimum absolute atomic E-state index is 0.0282. The summed E-state index contributed by atoms with van der Waals surface area (Å²) in [5.74, 6) is -1.40. The molecular formula is C17H11Cl4N3O3S. The number of fused-ring (bicyclic) bond motifs is 1. The van der Waals surface area contributed by atoms with Crippen LogP contribution in [0.25, 0.3) is 5.52 Å². The van der Waals surface area contributed by atoms with Crippen molar-refractivity contribution in [2.24, 2.45) is 0 Å². The highest BCUT2D eigenvalue weighted by atomic mass is 35.5. The maximum Gasteiger partial charge on any atom is 0.359 e. The van der Waals surface area contributed by atoms with E-state index in [0.29, 0.717) is 10.7 Å². The molecule has 146 valence electrons. The Morgan fingerprint density at radius 1 is 1.18 bits per heavy atom. The van der Waals surface area contributed by atoms with Gasteiger partial charge in [-0.2, -0.15) is 0 Å². The molecule has 0 atom stereocenters. The van der Waals surface area contributed by atoms with Crippen LogP contribution in [-0.4, -0.2) is 34.1 Å². The quantitative estimate of drug-likeness (QED) is 0.299. The Kier molecular flexibility index (Phi) is 6.62. The summed E-state index contributed by atoms with van der Waals surface area (Å²) in [6.07, 6.45) is 3.62. The van der Waals surface area contributed by atoms with Gasteiger partial charge in [-0.15, -0.1) is 0 Å². The minimum atomic E-state index is -0.736. The molecule has 2 aromatic heterocycles. The number of thioether (sulfide) groups is 1. The van der Waals surface area contributed by atoms with Crippen LogP contribution in [0, 0.1) is 0 Å². The van der Waals surface area contributed by atoms with Gasteiger partial charge in [0.25, 0.3) is 5.91 Å². The topological polar surface area (TPSA) is 72.7 Å². The number of nitrogens with zero attached hydrogens (tertiary/aromatic N) is 2. The standard InChI is InChI=1S/C17H11Cl4N3O3S/c1-28-17-23-14(10-4-2-3-5-24(10)17)16(26)27-7-11(25)22-15-12(20)8(18)6-9(19)13(15)21/h2-6H,7H2,1H3,(H,22,25). The second-order valence-electron chi connectivity index (χ2n) is 5.37. The van der Waals surface area contributed by atoms with Gasteiger partial charge in [0.05, 0.1) is 31.3 Å². The largest absolute Gasteiger partial charge is 0.451 e. The second-order valence-corrected chi connectivity index (χ2v) is 7.71. The van der Waals surface area contributed by atoms with Crippen molar-refractivity contribution in [1.82, 2.24) is 9.38 Å². The van der Waals surface area contributed by atoms with Gasteiger partial charge in [-0.25, -0.2) is 9.78 Å². The van der Waals surface area contributed by atoms with Gasteiger partial charge in [0.2, 0.25) is 0 Å². The molecule has 2 heterocycles. The number of halogens is 4. The number of carbonyl (C=O) groups is 2. The number of nitrogens with one attached hydrogen (secondary N) is 1. The Morgan fingerprint density at radius 3 is 2.50 bits per heavy atom. The molecule has 1 aromatic carbocycles. The fourth-order valence-electron chi connectivity index (χ4n) is 2.36. The van der Waals surface area contributed by atoms with E-state index in [0.717, 1.165) is 0 Å². The van der Waals surface area contributed by atoms with Crippen molar-refractivity contribution in [2.45, 2.75) is 5.16 Å². The number of ether oxygens (including phenoxy) is 1. The predicted molar refractivity (Wildman–Crippen MR) is 112 cm³/mol. The fourth-order valence-corrected chi connectivity index (χ4v) is 3.80. The summed E-state index contributed by atoms with van der Waals surface area (Å²) in [6.45, 7) is -0.573. The lowest BCUT2D eigenvalue weighted by atomic mass is 10.3. The van der Waals surface area contributed by atoms with Gasteiger partial charge in [-0.05, 0) is 24.5 Å². The summed E-state index contributed by atoms with van der Waals surface area (Å²) >= 11 is 25.3. The summed E-state index contributed by atoms with van der Waals surface area (Å²) < 4.78 is 6.84. The van der Waals surface area contributed by atoms with Crippen LogP contribution in [0.3, 0.4) is 0 Å². The molecule has 28 heavy (non-hydrogen) atoms. The van der Waals surface area contributed by atoms with Crippen LogP contribution < -0.4 is 5.32 Å². The van der Waals surface area contributed by atoms with Gasteiger partial charge in [0, 0.05) is 6.20 Å². The average molecular weight is 479 g/mol. The fraction of sp³-hybridized carbons (Fsp3) is 0.118. The summed E-state index contributed by atoms with van der Waals surface area (Å²) in [6, 6.07) is 6.69. The van der Waals surface area contributed by atoms with Crippen molar-refractivity contribution in [2.75, 3.05) is 18.2 Å². The second kappa shape index (κ2) is 8.80. The molecule has 3 rings (SSSR count). The molecule has 1 amide bonds. The van der Waals surface area contributed by atoms with E-state index in [2.05, 4.69) is 10.3 Å². The zero-order valence-electron chi connectivity index (χ0n) is 14.1. The molecule has 0 radical (unpaired) electrons. The van der Waals surface area contributed by atoms with Crippen molar-refractivity contribution < 1.29 is 14.3 Å². The zero-order chi connectivity index (χ0) is 20.4. The predicted octanol–water partition coefficient (Wildman–Crippen LogP) is 5.47. The van der Waals surface area contributed by atoms with Gasteiger partial charge in [0.15, 0.2) is 17.5 Å². The first-order chi connectivity index (χ1) is 13.3. The number of aromatic nitrogens is 2. The number of hydrogen-bond acceptors (Lipinski definition) is 5. The van der Waals surface area contributed by atoms with Crippen molar-refractivity contribution in [3.05, 3.63) is 56.2 Å². The lowest BCUT2D eigenvalue weighted by Gasteiger charge is -2.11. The molecule has 0 saturated heterocycles. The van der Waals surface area contributed by atoms with E-state index in [1.54, 1.807) is 22.7 Å². The number of pyridine rings is 1. The van der Waals surface area contributed by atoms with Crippen molar-refractivity contribution in [3.63, 3.8) is 0 Å². The molecule has 0 fully saturated rings. The van der Waals surface area contributed by atoms with Crippen molar-refractivity contribution in [1.29, 1.82) is 0 Å². The first-order valence-electron chi connectivity index (χ1n) is 7.64. The molecule has 3 aromatic rings. The molecule has 6 nitrogen and oxygen atoms in total. The van der Waals surface area contributed by atoms with Crippen LogP contribution in [0.1, 0.15) is 10.5 Å². The highest BCUT2D eigenvalue weighted by Gasteiger charge is 2.21. The molecule has 0 aliphatic carbocycles. The minimum Gasteiger partial charge on any atom is -0.451 e. The summed E-state index contributed by atoms with van der Waals surface area (Å²) in [5, 5.41) is 3.37. The Balaban J connectivity index is 1.73. The number of rotatable bonds is 5. The first-order valence-corrected chi connectivity index (χ1v) is 10.4. The van der Waals surface area contributed by atoms with E-state index in [4.69, 9.17) is 51.1 Å². The number of carbonyl (C=O) groups excluding carboxylic acids is 2. The molecule has 0 unspecified atom stereocenters. The van der Waals surface area contributed by atoms with Gasteiger partial charge < -0.3 is 10.1 Å². The van der Waals surface area contributed by atoms with Crippen LogP contribution in [0.2, 0.25) is 20.1 Å². The Morgan fingerprint density at radius 2 is 1.86 bits per heavy atom. The summed E-state index contributed by atoms with van der Waals surface area (Å²) in [5.41, 5.74) is 0.726. The van der Waals surface area contributed by atoms with Crippen LogP contribution in [0.15, 0.2) is 35.6 Å². The lowest BCUT2D eigenvalue weighted by molar-refractivity contribution is -0.119. The van der Waals surface area contributed by atoms with Crippen molar-refractivity contribution in [3.8, 4) is 0 Å². The maximum atomic E-state index is 12.4. The third-order valence-corrected chi connectivity index (χ3v) is 5.83. The van der Waals surface area contributed by atoms with Crippen LogP contribution in [0.5, 0.6) is 0 Å². The Labute approximate surface area is 184 Å². The van der Waals surface area contributed by atoms with E-state index in [-0.39, 0.29) is 31.5 Å². The molecule has 0 saturated carbocycles. The molecule has 0 spiro atoms. The van der Waals surface area contributed by atoms with E-state index < -0.39 is 18.5 Å². The summed E-state index contributed by atoms with van der Waals surface area (Å²) in [7, 11) is 0. The van der Waals surface area contributed by atoms with E-state index in [9.17, 15) is 9.59 Å². The first kappa shape index (κ1) is 21.1. The zero-order valence-corrected chi connectivity index (χ0v) is 18.0. The van der Waals surface area contributed by atoms with E-state index >= 15 is 0 Å². The lowest BCUT2D eigenvalue weighted by Crippen LogP contribution is -2.21. The number of imidazole rings is 1. The van der Waals surface area contributed by atoms with Crippen LogP contribution >= 0.6 is 58.2 Å². The Hall–Kier alpha value is -1.64. The molecule has 0 aliphatic rings. The maximum absolute atomic E-state index is 12.4. The third-order valence-electron chi connectivity index (χ3n) is 3.60. The number of hydrogen-bond donors (Lipinski definition) is 1. The smallest absolute Gasteiger partial charge is 0.359 e. The number of benzene rings is 1. The number of amides is 1. The molecule has 0 bridgehead atoms. The normalized spacial score (nSPS) is 10.9. The SMILES string of the molecule is CSc1nc(C(=O)OCC(=O)Nc2c(Cl)c(Cl)cc(Cl)c2Cl)c2ccccn12. The highest BCUT2D eigenvalue weighted by molar-refractivity contribution is 7.98. The van der Waals surface area contributed by atoms with Gasteiger partial charge >= 0.3 is 5.97 Å². The van der Waals surface area contributed by atoms with Crippen LogP contribution in [0.4, 0.5) is 5.69 Å². The average Bonchev–Trinajstić information content (AvgIpc) is 3.07. The third kappa shape index (κ3) is 4.18. The van der Waals surface area contributed by atoms with Gasteiger partial charge in [0.1, 0.15) is 0 Å². The molecule has 1 N–H and O–H groups in total. The van der Waals surface area contributed by atoms with E-state index in [1.807, 2.05) is 12.3 Å². The van der Waals surface area contributed by atoms with Gasteiger partial charge in [-0.1, -0.05) is 64.2 Å². The summed E-state index contributed by atoms with van der Waals surface area (Å²) in [4.78, 5) is 28.8. The Bertz CT molecular complexity index is 1060. The molecule has 0 aliphatic heterocycles. The van der Waals surface area contributed by atoms with Crippen LogP contribution in [-0.2, 0) is 9.53 Å². The number of anilines is 1. The molecular weight excluding hydrogens is 468 g/mol.